The number of halogens is 4. The summed E-state index contributed by atoms with van der Waals surface area (Å²) in [6.45, 7) is 0. The van der Waals surface area contributed by atoms with E-state index in [1.54, 1.807) is 24.3 Å². The molecule has 4 nitrogen and oxygen atoms in total. The molecule has 104 valence electrons. The molecule has 8 heteroatoms. The second kappa shape index (κ2) is 6.55. The lowest BCUT2D eigenvalue weighted by Gasteiger charge is -2.09. The number of nitrogens with zero attached hydrogens (tertiary/aromatic N) is 2. The molecule has 0 bridgehead atoms. The average molecular weight is 529 g/mol. The van der Waals surface area contributed by atoms with Crippen molar-refractivity contribution < 1.29 is 5.11 Å². The maximum Gasteiger partial charge on any atom is 0.147 e. The molecule has 0 aromatic heterocycles. The molecule has 0 aliphatic carbocycles. The van der Waals surface area contributed by atoms with E-state index in [1.165, 1.54) is 0 Å². The molecule has 0 aliphatic heterocycles. The van der Waals surface area contributed by atoms with Crippen molar-refractivity contribution in [3.63, 3.8) is 0 Å². The van der Waals surface area contributed by atoms with Crippen molar-refractivity contribution in [3.05, 3.63) is 42.2 Å². The fourth-order valence-electron chi connectivity index (χ4n) is 1.39. The normalized spacial score (nSPS) is 11.2. The molecular weight excluding hydrogens is 522 g/mol. The molecule has 2 rings (SSSR count). The van der Waals surface area contributed by atoms with Crippen LogP contribution in [0.3, 0.4) is 0 Å². The maximum atomic E-state index is 9.97. The second-order valence-corrected chi connectivity index (χ2v) is 6.92. The van der Waals surface area contributed by atoms with Crippen molar-refractivity contribution in [1.29, 1.82) is 0 Å². The molecule has 0 atom stereocenters. The van der Waals surface area contributed by atoms with Crippen LogP contribution in [0.4, 0.5) is 17.1 Å². The Morgan fingerprint density at radius 3 is 2.25 bits per heavy atom. The van der Waals surface area contributed by atoms with Gasteiger partial charge in [0.2, 0.25) is 0 Å². The summed E-state index contributed by atoms with van der Waals surface area (Å²) in [6.07, 6.45) is 0. The van der Waals surface area contributed by atoms with Crippen LogP contribution in [-0.4, -0.2) is 5.11 Å². The van der Waals surface area contributed by atoms with Gasteiger partial charge in [-0.3, -0.25) is 0 Å². The minimum Gasteiger partial charge on any atom is -0.505 e. The molecule has 0 saturated carbocycles. The first kappa shape index (κ1) is 15.9. The van der Waals surface area contributed by atoms with Crippen molar-refractivity contribution in [2.24, 2.45) is 10.2 Å². The fraction of sp³-hybridized carbons (Fsp3) is 0. The Bertz CT molecular complexity index is 674. The van der Waals surface area contributed by atoms with Crippen LogP contribution in [0.15, 0.2) is 52.4 Å². The van der Waals surface area contributed by atoms with Crippen LogP contribution in [0.5, 0.6) is 5.75 Å². The largest absolute Gasteiger partial charge is 0.505 e. The maximum absolute atomic E-state index is 9.97. The summed E-state index contributed by atoms with van der Waals surface area (Å²) in [7, 11) is 0. The van der Waals surface area contributed by atoms with Gasteiger partial charge in [0.15, 0.2) is 0 Å². The van der Waals surface area contributed by atoms with Crippen molar-refractivity contribution in [2.75, 3.05) is 5.73 Å². The van der Waals surface area contributed by atoms with Crippen molar-refractivity contribution in [2.45, 2.75) is 0 Å². The molecule has 0 unspecified atom stereocenters. The molecule has 3 N–H and O–H groups in total. The molecule has 0 spiro atoms. The highest BCUT2D eigenvalue weighted by Gasteiger charge is 2.18. The van der Waals surface area contributed by atoms with E-state index < -0.39 is 0 Å². The molecule has 0 amide bonds. The SMILES string of the molecule is Nc1cccc(N=Nc2c(Br)c(O)c(Br)c(Br)c2Br)c1. The summed E-state index contributed by atoms with van der Waals surface area (Å²) in [6, 6.07) is 7.06. The zero-order valence-electron chi connectivity index (χ0n) is 9.74. The van der Waals surface area contributed by atoms with E-state index in [4.69, 9.17) is 5.73 Å². The smallest absolute Gasteiger partial charge is 0.147 e. The first-order chi connectivity index (χ1) is 9.41. The molecule has 0 radical (unpaired) electrons. The Labute approximate surface area is 149 Å². The third kappa shape index (κ3) is 3.24. The van der Waals surface area contributed by atoms with Gasteiger partial charge in [-0.1, -0.05) is 6.07 Å². The van der Waals surface area contributed by atoms with Crippen LogP contribution >= 0.6 is 63.7 Å². The fourth-order valence-corrected chi connectivity index (χ4v) is 3.91. The molecular formula is C12H7Br4N3O. The Morgan fingerprint density at radius 2 is 1.60 bits per heavy atom. The minimum atomic E-state index is 0.0431. The summed E-state index contributed by atoms with van der Waals surface area (Å²) in [5.74, 6) is 0.0431. The van der Waals surface area contributed by atoms with Crippen molar-refractivity contribution in [3.8, 4) is 5.75 Å². The van der Waals surface area contributed by atoms with E-state index in [0.29, 0.717) is 35.0 Å². The minimum absolute atomic E-state index is 0.0431. The number of azo groups is 1. The summed E-state index contributed by atoms with van der Waals surface area (Å²) >= 11 is 13.3. The first-order valence-electron chi connectivity index (χ1n) is 5.24. The van der Waals surface area contributed by atoms with Gasteiger partial charge in [0.05, 0.1) is 23.6 Å². The van der Waals surface area contributed by atoms with Crippen LogP contribution < -0.4 is 5.73 Å². The Balaban J connectivity index is 2.49. The molecule has 0 saturated heterocycles. The number of hydrogen-bond acceptors (Lipinski definition) is 4. The highest BCUT2D eigenvalue weighted by molar-refractivity contribution is 9.14. The van der Waals surface area contributed by atoms with E-state index in [9.17, 15) is 5.11 Å². The molecule has 2 aromatic rings. The Hall–Kier alpha value is -0.440. The number of hydrogen-bond donors (Lipinski definition) is 2. The van der Waals surface area contributed by atoms with E-state index in [1.807, 2.05) is 0 Å². The number of aromatic hydroxyl groups is 1. The third-order valence-corrected chi connectivity index (χ3v) is 6.51. The van der Waals surface area contributed by atoms with Gasteiger partial charge in [-0.2, -0.15) is 5.11 Å². The second-order valence-electron chi connectivity index (χ2n) is 3.75. The van der Waals surface area contributed by atoms with Crippen molar-refractivity contribution >= 4 is 80.8 Å². The van der Waals surface area contributed by atoms with Gasteiger partial charge in [0.25, 0.3) is 0 Å². The number of benzene rings is 2. The monoisotopic (exact) mass is 525 g/mol. The summed E-state index contributed by atoms with van der Waals surface area (Å²) < 4.78 is 2.28. The van der Waals surface area contributed by atoms with Crippen LogP contribution in [0.1, 0.15) is 0 Å². The lowest BCUT2D eigenvalue weighted by Crippen LogP contribution is -1.82. The van der Waals surface area contributed by atoms with E-state index in [2.05, 4.69) is 73.9 Å². The van der Waals surface area contributed by atoms with Gasteiger partial charge < -0.3 is 10.8 Å². The predicted molar refractivity (Wildman–Crippen MR) is 93.9 cm³/mol. The number of nitrogens with two attached hydrogens (primary N) is 1. The van der Waals surface area contributed by atoms with Gasteiger partial charge >= 0.3 is 0 Å². The summed E-state index contributed by atoms with van der Waals surface area (Å²) in [5.41, 5.74) is 7.39. The number of nitrogen functional groups attached to an aromatic ring is 1. The number of phenols is 1. The van der Waals surface area contributed by atoms with Crippen LogP contribution in [0.25, 0.3) is 0 Å². The van der Waals surface area contributed by atoms with Gasteiger partial charge in [-0.05, 0) is 81.9 Å². The third-order valence-electron chi connectivity index (χ3n) is 2.35. The number of rotatable bonds is 2. The predicted octanol–water partition coefficient (Wildman–Crippen LogP) is 6.44. The lowest BCUT2D eigenvalue weighted by molar-refractivity contribution is 0.468. The summed E-state index contributed by atoms with van der Waals surface area (Å²) in [4.78, 5) is 0. The summed E-state index contributed by atoms with van der Waals surface area (Å²) in [5, 5.41) is 18.2. The molecule has 0 aliphatic rings. The van der Waals surface area contributed by atoms with Crippen LogP contribution in [0.2, 0.25) is 0 Å². The molecule has 0 heterocycles. The highest BCUT2D eigenvalue weighted by Crippen LogP contribution is 2.50. The van der Waals surface area contributed by atoms with Gasteiger partial charge in [-0.15, -0.1) is 5.11 Å². The average Bonchev–Trinajstić information content (AvgIpc) is 2.43. The highest BCUT2D eigenvalue weighted by atomic mass is 79.9. The number of phenolic OH excluding ortho intramolecular Hbond substituents is 1. The molecule has 0 fully saturated rings. The number of anilines is 1. The Kier molecular flexibility index (Phi) is 5.22. The topological polar surface area (TPSA) is 71.0 Å². The van der Waals surface area contributed by atoms with Gasteiger partial charge in [0.1, 0.15) is 11.4 Å². The zero-order valence-corrected chi connectivity index (χ0v) is 16.1. The molecule has 2 aromatic carbocycles. The van der Waals surface area contributed by atoms with Gasteiger partial charge in [0, 0.05) is 5.69 Å². The first-order valence-corrected chi connectivity index (χ1v) is 8.41. The molecule has 20 heavy (non-hydrogen) atoms. The van der Waals surface area contributed by atoms with E-state index in [-0.39, 0.29) is 5.75 Å². The van der Waals surface area contributed by atoms with Crippen LogP contribution in [0, 0.1) is 0 Å². The zero-order chi connectivity index (χ0) is 14.9. The Morgan fingerprint density at radius 1 is 0.900 bits per heavy atom. The van der Waals surface area contributed by atoms with Crippen molar-refractivity contribution in [1.82, 2.24) is 0 Å². The van der Waals surface area contributed by atoms with E-state index in [0.717, 1.165) is 0 Å². The lowest BCUT2D eigenvalue weighted by atomic mass is 10.3. The van der Waals surface area contributed by atoms with E-state index >= 15 is 0 Å². The van der Waals surface area contributed by atoms with Gasteiger partial charge in [-0.25, -0.2) is 0 Å². The van der Waals surface area contributed by atoms with Crippen LogP contribution in [-0.2, 0) is 0 Å². The quantitative estimate of drug-likeness (QED) is 0.204. The standard InChI is InChI=1S/C12H7Br4N3O/c13-7-8(14)11(10(16)12(20)9(7)15)19-18-6-3-1-2-5(17)4-6/h1-4,20H,17H2.